The Bertz CT molecular complexity index is 1140. The first-order chi connectivity index (χ1) is 14.4. The lowest BCUT2D eigenvalue weighted by Gasteiger charge is -2.07. The van der Waals surface area contributed by atoms with Crippen LogP contribution in [-0.2, 0) is 12.8 Å². The summed E-state index contributed by atoms with van der Waals surface area (Å²) in [5, 5.41) is 28.8. The third-order valence-corrected chi connectivity index (χ3v) is 7.28. The van der Waals surface area contributed by atoms with Crippen LogP contribution in [0.25, 0.3) is 27.1 Å². The topological polar surface area (TPSA) is 103 Å². The van der Waals surface area contributed by atoms with E-state index >= 15 is 0 Å². The molecular formula is C22H16N2O4S2. The first-order valence-electron chi connectivity index (χ1n) is 9.04. The molecule has 150 valence electrons. The smallest absolute Gasteiger partial charge is 0.346 e. The molecule has 1 aromatic carbocycles. The van der Waals surface area contributed by atoms with Crippen molar-refractivity contribution in [2.24, 2.45) is 0 Å². The minimum atomic E-state index is -1.09. The van der Waals surface area contributed by atoms with Crippen LogP contribution in [0.2, 0.25) is 0 Å². The summed E-state index contributed by atoms with van der Waals surface area (Å²) >= 11 is 2.20. The molecule has 0 atom stereocenters. The van der Waals surface area contributed by atoms with Crippen molar-refractivity contribution in [3.63, 3.8) is 0 Å². The number of benzene rings is 1. The van der Waals surface area contributed by atoms with Crippen molar-refractivity contribution >= 4 is 40.3 Å². The summed E-state index contributed by atoms with van der Waals surface area (Å²) in [6.07, 6.45) is 1.11. The standard InChI is InChI=1S/C22H16N2O4S2/c1-4-14-13(10-23)16(19(29-14)21(25)26)11-6-8-12(9-7-11)17-18(24-3)15(5-2)30-20(17)22(27)28/h6-9H,4-5H2,1-2H3,(H,25,26)(H,27,28). The number of aryl methyl sites for hydroxylation is 2. The number of nitrogens with zero attached hydrogens (tertiary/aromatic N) is 2. The van der Waals surface area contributed by atoms with Crippen LogP contribution in [0.4, 0.5) is 5.69 Å². The average Bonchev–Trinajstić information content (AvgIpc) is 3.31. The zero-order valence-electron chi connectivity index (χ0n) is 16.1. The van der Waals surface area contributed by atoms with Crippen LogP contribution in [0.15, 0.2) is 24.3 Å². The molecule has 8 heteroatoms. The maximum atomic E-state index is 11.7. The molecule has 0 aliphatic heterocycles. The fourth-order valence-electron chi connectivity index (χ4n) is 3.32. The first kappa shape index (κ1) is 21.3. The van der Waals surface area contributed by atoms with E-state index in [2.05, 4.69) is 10.9 Å². The zero-order valence-corrected chi connectivity index (χ0v) is 17.8. The van der Waals surface area contributed by atoms with Crippen LogP contribution < -0.4 is 0 Å². The highest BCUT2D eigenvalue weighted by Gasteiger charge is 2.25. The molecule has 2 aromatic heterocycles. The fraction of sp³-hybridized carbons (Fsp3) is 0.182. The lowest BCUT2D eigenvalue weighted by Crippen LogP contribution is -1.96. The van der Waals surface area contributed by atoms with Crippen molar-refractivity contribution in [2.75, 3.05) is 0 Å². The van der Waals surface area contributed by atoms with E-state index in [-0.39, 0.29) is 9.75 Å². The fourth-order valence-corrected chi connectivity index (χ4v) is 5.41. The van der Waals surface area contributed by atoms with Crippen molar-refractivity contribution in [1.29, 1.82) is 5.26 Å². The molecule has 0 radical (unpaired) electrons. The Labute approximate surface area is 181 Å². The molecule has 2 heterocycles. The van der Waals surface area contributed by atoms with E-state index < -0.39 is 11.9 Å². The Morgan fingerprint density at radius 2 is 1.43 bits per heavy atom. The molecule has 30 heavy (non-hydrogen) atoms. The van der Waals surface area contributed by atoms with Gasteiger partial charge in [0.2, 0.25) is 5.69 Å². The highest BCUT2D eigenvalue weighted by atomic mass is 32.1. The summed E-state index contributed by atoms with van der Waals surface area (Å²) < 4.78 is 0. The number of rotatable bonds is 6. The van der Waals surface area contributed by atoms with Gasteiger partial charge >= 0.3 is 11.9 Å². The summed E-state index contributed by atoms with van der Waals surface area (Å²) in [6, 6.07) is 8.82. The van der Waals surface area contributed by atoms with E-state index in [0.717, 1.165) is 22.7 Å². The molecule has 0 saturated heterocycles. The predicted molar refractivity (Wildman–Crippen MR) is 117 cm³/mol. The Morgan fingerprint density at radius 1 is 0.967 bits per heavy atom. The monoisotopic (exact) mass is 436 g/mol. The van der Waals surface area contributed by atoms with Crippen molar-refractivity contribution in [3.8, 4) is 28.3 Å². The maximum absolute atomic E-state index is 11.7. The lowest BCUT2D eigenvalue weighted by molar-refractivity contribution is 0.0692. The third kappa shape index (κ3) is 3.48. The second-order valence-corrected chi connectivity index (χ2v) is 8.51. The van der Waals surface area contributed by atoms with Crippen molar-refractivity contribution in [2.45, 2.75) is 26.7 Å². The Kier molecular flexibility index (Phi) is 6.02. The van der Waals surface area contributed by atoms with Crippen LogP contribution in [0, 0.1) is 17.9 Å². The number of aromatic carboxylic acids is 2. The summed E-state index contributed by atoms with van der Waals surface area (Å²) in [5.41, 5.74) is 2.58. The molecule has 6 nitrogen and oxygen atoms in total. The lowest BCUT2D eigenvalue weighted by atomic mass is 9.96. The third-order valence-electron chi connectivity index (χ3n) is 4.65. The molecule has 0 aliphatic rings. The van der Waals surface area contributed by atoms with Gasteiger partial charge in [-0.05, 0) is 24.0 Å². The van der Waals surface area contributed by atoms with Crippen molar-refractivity contribution < 1.29 is 19.8 Å². The van der Waals surface area contributed by atoms with Gasteiger partial charge in [-0.2, -0.15) is 5.26 Å². The van der Waals surface area contributed by atoms with Crippen LogP contribution in [0.5, 0.6) is 0 Å². The summed E-state index contributed by atoms with van der Waals surface area (Å²) in [4.78, 5) is 28.6. The molecule has 0 amide bonds. The predicted octanol–water partition coefficient (Wildman–Crippen LogP) is 6.09. The maximum Gasteiger partial charge on any atom is 0.346 e. The van der Waals surface area contributed by atoms with E-state index in [9.17, 15) is 25.1 Å². The van der Waals surface area contributed by atoms with Crippen LogP contribution >= 0.6 is 22.7 Å². The van der Waals surface area contributed by atoms with E-state index in [1.807, 2.05) is 13.8 Å². The Balaban J connectivity index is 2.20. The number of carboxylic acids is 2. The first-order valence-corrected chi connectivity index (χ1v) is 10.7. The van der Waals surface area contributed by atoms with E-state index in [0.29, 0.717) is 56.1 Å². The number of carbonyl (C=O) groups is 2. The van der Waals surface area contributed by atoms with Gasteiger partial charge in [-0.25, -0.2) is 14.4 Å². The van der Waals surface area contributed by atoms with Gasteiger partial charge in [0.25, 0.3) is 0 Å². The van der Waals surface area contributed by atoms with Gasteiger partial charge in [-0.15, -0.1) is 22.7 Å². The van der Waals surface area contributed by atoms with Crippen molar-refractivity contribution in [3.05, 3.63) is 60.8 Å². The molecule has 0 bridgehead atoms. The highest BCUT2D eigenvalue weighted by molar-refractivity contribution is 7.15. The molecule has 0 saturated carbocycles. The quantitative estimate of drug-likeness (QED) is 0.455. The largest absolute Gasteiger partial charge is 0.477 e. The second-order valence-electron chi connectivity index (χ2n) is 6.30. The van der Waals surface area contributed by atoms with Gasteiger partial charge in [-0.3, -0.25) is 0 Å². The molecule has 3 rings (SSSR count). The molecule has 0 unspecified atom stereocenters. The summed E-state index contributed by atoms with van der Waals surface area (Å²) in [5.74, 6) is -2.18. The summed E-state index contributed by atoms with van der Waals surface area (Å²) in [7, 11) is 0. The number of carboxylic acid groups (broad SMARTS) is 2. The molecular weight excluding hydrogens is 420 g/mol. The number of thiophene rings is 2. The van der Waals surface area contributed by atoms with E-state index in [4.69, 9.17) is 6.57 Å². The molecule has 2 N–H and O–H groups in total. The normalized spacial score (nSPS) is 10.4. The molecule has 3 aromatic rings. The molecule has 0 fully saturated rings. The van der Waals surface area contributed by atoms with Gasteiger partial charge in [0.05, 0.1) is 12.1 Å². The Morgan fingerprint density at radius 3 is 1.87 bits per heavy atom. The van der Waals surface area contributed by atoms with E-state index in [1.165, 1.54) is 0 Å². The number of hydrogen-bond acceptors (Lipinski definition) is 5. The van der Waals surface area contributed by atoms with Gasteiger partial charge in [0.15, 0.2) is 0 Å². The minimum Gasteiger partial charge on any atom is -0.477 e. The SMILES string of the molecule is [C-]#[N+]c1c(CC)sc(C(=O)O)c1-c1ccc(-c2c(C(=O)O)sc(CC)c2C#N)cc1. The molecule has 0 aliphatic carbocycles. The van der Waals surface area contributed by atoms with Gasteiger partial charge < -0.3 is 10.2 Å². The summed E-state index contributed by atoms with van der Waals surface area (Å²) in [6.45, 7) is 11.2. The second kappa shape index (κ2) is 8.50. The van der Waals surface area contributed by atoms with Crippen molar-refractivity contribution in [1.82, 2.24) is 0 Å². The zero-order chi connectivity index (χ0) is 22.0. The molecule has 0 spiro atoms. The van der Waals surface area contributed by atoms with Gasteiger partial charge in [0, 0.05) is 20.9 Å². The Hall–Kier alpha value is -3.46. The van der Waals surface area contributed by atoms with Crippen LogP contribution in [0.1, 0.15) is 48.5 Å². The average molecular weight is 437 g/mol. The number of nitriles is 1. The van der Waals surface area contributed by atoms with Crippen LogP contribution in [-0.4, -0.2) is 22.2 Å². The van der Waals surface area contributed by atoms with Gasteiger partial charge in [0.1, 0.15) is 15.8 Å². The van der Waals surface area contributed by atoms with Crippen LogP contribution in [0.3, 0.4) is 0 Å². The number of hydrogen-bond donors (Lipinski definition) is 2. The van der Waals surface area contributed by atoms with E-state index in [1.54, 1.807) is 24.3 Å². The highest BCUT2D eigenvalue weighted by Crippen LogP contribution is 2.44. The van der Waals surface area contributed by atoms with Gasteiger partial charge in [-0.1, -0.05) is 38.1 Å². The minimum absolute atomic E-state index is 0.105.